The molecule has 5 heteroatoms. The van der Waals surface area contributed by atoms with Crippen molar-refractivity contribution in [2.75, 3.05) is 5.73 Å². The first-order valence-electron chi connectivity index (χ1n) is 7.90. The van der Waals surface area contributed by atoms with Crippen LogP contribution in [-0.2, 0) is 6.61 Å². The van der Waals surface area contributed by atoms with Crippen LogP contribution in [-0.4, -0.2) is 16.3 Å². The van der Waals surface area contributed by atoms with Gasteiger partial charge in [-0.05, 0) is 44.2 Å². The lowest BCUT2D eigenvalue weighted by atomic mass is 10.1. The maximum Gasteiger partial charge on any atom is 0.142 e. The third kappa shape index (κ3) is 3.87. The van der Waals surface area contributed by atoms with E-state index in [9.17, 15) is 0 Å². The SMILES string of the molecule is CC(C)Oc1cccc(-c2cc(COc3ccccc3N)[nH]n2)c1. The maximum absolute atomic E-state index is 5.87. The molecule has 2 aromatic carbocycles. The Balaban J connectivity index is 1.70. The Morgan fingerprint density at radius 3 is 2.71 bits per heavy atom. The van der Waals surface area contributed by atoms with Crippen molar-refractivity contribution in [3.05, 3.63) is 60.3 Å². The summed E-state index contributed by atoms with van der Waals surface area (Å²) in [6.45, 7) is 4.39. The molecule has 3 N–H and O–H groups in total. The van der Waals surface area contributed by atoms with Crippen molar-refractivity contribution >= 4 is 5.69 Å². The molecule has 1 heterocycles. The van der Waals surface area contributed by atoms with E-state index in [4.69, 9.17) is 15.2 Å². The van der Waals surface area contributed by atoms with E-state index < -0.39 is 0 Å². The average molecular weight is 323 g/mol. The van der Waals surface area contributed by atoms with E-state index in [-0.39, 0.29) is 6.10 Å². The number of benzene rings is 2. The number of H-pyrrole nitrogens is 1. The zero-order valence-electron chi connectivity index (χ0n) is 13.8. The van der Waals surface area contributed by atoms with Crippen LogP contribution in [0.25, 0.3) is 11.3 Å². The van der Waals surface area contributed by atoms with Crippen molar-refractivity contribution in [2.24, 2.45) is 0 Å². The fourth-order valence-corrected chi connectivity index (χ4v) is 2.35. The molecule has 0 aliphatic heterocycles. The van der Waals surface area contributed by atoms with Gasteiger partial charge in [0, 0.05) is 5.56 Å². The van der Waals surface area contributed by atoms with Crippen LogP contribution in [0.5, 0.6) is 11.5 Å². The molecule has 24 heavy (non-hydrogen) atoms. The van der Waals surface area contributed by atoms with Crippen LogP contribution in [0.15, 0.2) is 54.6 Å². The summed E-state index contributed by atoms with van der Waals surface area (Å²) < 4.78 is 11.5. The van der Waals surface area contributed by atoms with Crippen molar-refractivity contribution in [3.63, 3.8) is 0 Å². The molecule has 3 aromatic rings. The molecular formula is C19H21N3O2. The molecule has 0 atom stereocenters. The van der Waals surface area contributed by atoms with E-state index in [1.807, 2.05) is 68.4 Å². The fourth-order valence-electron chi connectivity index (χ4n) is 2.35. The quantitative estimate of drug-likeness (QED) is 0.672. The second-order valence-corrected chi connectivity index (χ2v) is 5.80. The van der Waals surface area contributed by atoms with Crippen molar-refractivity contribution in [2.45, 2.75) is 26.6 Å². The number of rotatable bonds is 6. The van der Waals surface area contributed by atoms with Gasteiger partial charge in [-0.25, -0.2) is 0 Å². The second kappa shape index (κ2) is 7.08. The molecule has 0 saturated carbocycles. The van der Waals surface area contributed by atoms with Crippen LogP contribution in [0.2, 0.25) is 0 Å². The number of nitrogens with one attached hydrogen (secondary N) is 1. The third-order valence-corrected chi connectivity index (χ3v) is 3.43. The van der Waals surface area contributed by atoms with Gasteiger partial charge in [0.05, 0.1) is 23.2 Å². The zero-order chi connectivity index (χ0) is 16.9. The number of para-hydroxylation sites is 2. The predicted molar refractivity (Wildman–Crippen MR) is 95.0 cm³/mol. The number of aromatic nitrogens is 2. The lowest BCUT2D eigenvalue weighted by Gasteiger charge is -2.10. The smallest absolute Gasteiger partial charge is 0.142 e. The fraction of sp³-hybridized carbons (Fsp3) is 0.211. The first-order valence-corrected chi connectivity index (χ1v) is 7.90. The summed E-state index contributed by atoms with van der Waals surface area (Å²) >= 11 is 0. The number of hydrogen-bond donors (Lipinski definition) is 2. The predicted octanol–water partition coefficient (Wildman–Crippen LogP) is 4.03. The zero-order valence-corrected chi connectivity index (χ0v) is 13.8. The van der Waals surface area contributed by atoms with Gasteiger partial charge >= 0.3 is 0 Å². The van der Waals surface area contributed by atoms with Crippen LogP contribution >= 0.6 is 0 Å². The molecule has 0 spiro atoms. The van der Waals surface area contributed by atoms with Gasteiger partial charge in [-0.15, -0.1) is 0 Å². The number of anilines is 1. The molecule has 0 aliphatic rings. The number of aromatic amines is 1. The molecule has 1 aromatic heterocycles. The Bertz CT molecular complexity index is 812. The number of nitrogens with zero attached hydrogens (tertiary/aromatic N) is 1. The van der Waals surface area contributed by atoms with Gasteiger partial charge < -0.3 is 15.2 Å². The van der Waals surface area contributed by atoms with Crippen molar-refractivity contribution < 1.29 is 9.47 Å². The highest BCUT2D eigenvalue weighted by molar-refractivity contribution is 5.61. The Kier molecular flexibility index (Phi) is 4.70. The van der Waals surface area contributed by atoms with Gasteiger partial charge in [0.25, 0.3) is 0 Å². The lowest BCUT2D eigenvalue weighted by molar-refractivity contribution is 0.242. The molecule has 0 bridgehead atoms. The highest BCUT2D eigenvalue weighted by atomic mass is 16.5. The minimum Gasteiger partial charge on any atom is -0.491 e. The molecule has 0 radical (unpaired) electrons. The van der Waals surface area contributed by atoms with Gasteiger partial charge in [0.1, 0.15) is 18.1 Å². The first-order chi connectivity index (χ1) is 11.6. The summed E-state index contributed by atoms with van der Waals surface area (Å²) in [5, 5.41) is 7.35. The van der Waals surface area contributed by atoms with Gasteiger partial charge in [-0.1, -0.05) is 24.3 Å². The summed E-state index contributed by atoms with van der Waals surface area (Å²) in [6, 6.07) is 17.3. The van der Waals surface area contributed by atoms with Gasteiger partial charge in [-0.2, -0.15) is 5.10 Å². The highest BCUT2D eigenvalue weighted by Crippen LogP contribution is 2.25. The lowest BCUT2D eigenvalue weighted by Crippen LogP contribution is -2.05. The van der Waals surface area contributed by atoms with Crippen LogP contribution in [0, 0.1) is 0 Å². The maximum atomic E-state index is 5.87. The first kappa shape index (κ1) is 15.9. The molecule has 3 rings (SSSR count). The number of nitrogen functional groups attached to an aromatic ring is 1. The standard InChI is InChI=1S/C19H21N3O2/c1-13(2)24-16-7-5-6-14(10-16)18-11-15(21-22-18)12-23-19-9-4-3-8-17(19)20/h3-11,13H,12,20H2,1-2H3,(H,21,22). The van der Waals surface area contributed by atoms with E-state index in [0.717, 1.165) is 22.7 Å². The topological polar surface area (TPSA) is 73.2 Å². The summed E-state index contributed by atoms with van der Waals surface area (Å²) in [4.78, 5) is 0. The summed E-state index contributed by atoms with van der Waals surface area (Å²) in [5.74, 6) is 1.50. The van der Waals surface area contributed by atoms with Gasteiger partial charge in [-0.3, -0.25) is 5.10 Å². The number of hydrogen-bond acceptors (Lipinski definition) is 4. The summed E-state index contributed by atoms with van der Waals surface area (Å²) in [6.07, 6.45) is 0.139. The monoisotopic (exact) mass is 323 g/mol. The Labute approximate surface area is 141 Å². The van der Waals surface area contributed by atoms with Gasteiger partial charge in [0.15, 0.2) is 0 Å². The van der Waals surface area contributed by atoms with Gasteiger partial charge in [0.2, 0.25) is 0 Å². The molecule has 0 saturated heterocycles. The molecule has 0 unspecified atom stereocenters. The van der Waals surface area contributed by atoms with Crippen molar-refractivity contribution in [3.8, 4) is 22.8 Å². The van der Waals surface area contributed by atoms with Crippen LogP contribution < -0.4 is 15.2 Å². The van der Waals surface area contributed by atoms with E-state index in [1.165, 1.54) is 0 Å². The molecule has 0 fully saturated rings. The van der Waals surface area contributed by atoms with Crippen LogP contribution in [0.4, 0.5) is 5.69 Å². The van der Waals surface area contributed by atoms with Crippen LogP contribution in [0.1, 0.15) is 19.5 Å². The molecule has 5 nitrogen and oxygen atoms in total. The van der Waals surface area contributed by atoms with E-state index >= 15 is 0 Å². The van der Waals surface area contributed by atoms with E-state index in [2.05, 4.69) is 10.2 Å². The minimum absolute atomic E-state index is 0.139. The van der Waals surface area contributed by atoms with Crippen LogP contribution in [0.3, 0.4) is 0 Å². The second-order valence-electron chi connectivity index (χ2n) is 5.80. The third-order valence-electron chi connectivity index (χ3n) is 3.43. The van der Waals surface area contributed by atoms with E-state index in [1.54, 1.807) is 0 Å². The Hall–Kier alpha value is -2.95. The minimum atomic E-state index is 0.139. The average Bonchev–Trinajstić information content (AvgIpc) is 3.03. The molecular weight excluding hydrogens is 302 g/mol. The Morgan fingerprint density at radius 1 is 1.08 bits per heavy atom. The molecule has 124 valence electrons. The summed E-state index contributed by atoms with van der Waals surface area (Å²) in [5.41, 5.74) is 9.22. The van der Waals surface area contributed by atoms with Crippen molar-refractivity contribution in [1.82, 2.24) is 10.2 Å². The number of nitrogens with two attached hydrogens (primary N) is 1. The van der Waals surface area contributed by atoms with Crippen molar-refractivity contribution in [1.29, 1.82) is 0 Å². The summed E-state index contributed by atoms with van der Waals surface area (Å²) in [7, 11) is 0. The molecule has 0 aliphatic carbocycles. The van der Waals surface area contributed by atoms with E-state index in [0.29, 0.717) is 18.0 Å². The molecule has 0 amide bonds. The number of ether oxygens (including phenoxy) is 2. The largest absolute Gasteiger partial charge is 0.491 e. The Morgan fingerprint density at radius 2 is 1.92 bits per heavy atom. The normalized spacial score (nSPS) is 10.8. The highest BCUT2D eigenvalue weighted by Gasteiger charge is 2.07.